The van der Waals surface area contributed by atoms with E-state index in [1.54, 1.807) is 26.4 Å². The summed E-state index contributed by atoms with van der Waals surface area (Å²) in [5.41, 5.74) is 4.69. The molecule has 0 fully saturated rings. The fourth-order valence-electron chi connectivity index (χ4n) is 4.13. The highest BCUT2D eigenvalue weighted by Crippen LogP contribution is 2.38. The van der Waals surface area contributed by atoms with Crippen molar-refractivity contribution >= 4 is 11.9 Å². The van der Waals surface area contributed by atoms with Gasteiger partial charge >= 0.3 is 5.97 Å². The molecule has 0 heterocycles. The first-order valence-corrected chi connectivity index (χ1v) is 11.3. The molecule has 33 heavy (non-hydrogen) atoms. The minimum atomic E-state index is -0.444. The Morgan fingerprint density at radius 3 is 2.24 bits per heavy atom. The van der Waals surface area contributed by atoms with Crippen LogP contribution in [0.4, 0.5) is 0 Å². The van der Waals surface area contributed by atoms with E-state index in [1.807, 2.05) is 6.92 Å². The molecule has 7 heteroatoms. The van der Waals surface area contributed by atoms with Crippen molar-refractivity contribution in [2.24, 2.45) is 0 Å². The average Bonchev–Trinajstić information content (AvgIpc) is 2.84. The van der Waals surface area contributed by atoms with Gasteiger partial charge in [0.2, 0.25) is 5.75 Å². The minimum Gasteiger partial charge on any atom is -0.493 e. The second-order valence-corrected chi connectivity index (χ2v) is 8.22. The number of amides is 1. The van der Waals surface area contributed by atoms with Crippen LogP contribution >= 0.6 is 0 Å². The summed E-state index contributed by atoms with van der Waals surface area (Å²) in [4.78, 5) is 24.5. The lowest BCUT2D eigenvalue weighted by atomic mass is 9.89. The molecule has 1 amide bonds. The van der Waals surface area contributed by atoms with Crippen molar-refractivity contribution in [1.29, 1.82) is 0 Å². The van der Waals surface area contributed by atoms with Gasteiger partial charge in [0.1, 0.15) is 0 Å². The smallest absolute Gasteiger partial charge is 0.306 e. The van der Waals surface area contributed by atoms with Crippen molar-refractivity contribution < 1.29 is 28.5 Å². The van der Waals surface area contributed by atoms with Crippen molar-refractivity contribution in [3.63, 3.8) is 0 Å². The van der Waals surface area contributed by atoms with E-state index in [0.29, 0.717) is 23.7 Å². The Kier molecular flexibility index (Phi) is 8.58. The summed E-state index contributed by atoms with van der Waals surface area (Å²) in [5.74, 6) is 0.782. The molecule has 0 saturated carbocycles. The Bertz CT molecular complexity index is 962. The molecular weight excluding hydrogens is 422 g/mol. The van der Waals surface area contributed by atoms with Gasteiger partial charge in [-0.05, 0) is 73.4 Å². The molecule has 2 aromatic rings. The van der Waals surface area contributed by atoms with Crippen LogP contribution in [0.25, 0.3) is 0 Å². The fourth-order valence-corrected chi connectivity index (χ4v) is 4.13. The molecule has 1 unspecified atom stereocenters. The number of esters is 1. The molecule has 0 saturated heterocycles. The largest absolute Gasteiger partial charge is 0.493 e. The zero-order valence-electron chi connectivity index (χ0n) is 19.9. The molecule has 3 rings (SSSR count). The number of fused-ring (bicyclic) bond motifs is 1. The summed E-state index contributed by atoms with van der Waals surface area (Å²) < 4.78 is 21.2. The molecule has 0 aliphatic heterocycles. The van der Waals surface area contributed by atoms with Gasteiger partial charge in [-0.1, -0.05) is 18.2 Å². The highest BCUT2D eigenvalue weighted by molar-refractivity contribution is 5.81. The lowest BCUT2D eigenvalue weighted by Gasteiger charge is -2.20. The molecule has 178 valence electrons. The Balaban J connectivity index is 1.47. The first-order chi connectivity index (χ1) is 15.9. The number of carbonyl (C=O) groups excluding carboxylic acids is 2. The Morgan fingerprint density at radius 2 is 1.61 bits per heavy atom. The lowest BCUT2D eigenvalue weighted by molar-refractivity contribution is -0.148. The molecule has 1 aliphatic rings. The van der Waals surface area contributed by atoms with Crippen LogP contribution in [0.2, 0.25) is 0 Å². The number of benzene rings is 2. The molecule has 2 aromatic carbocycles. The highest BCUT2D eigenvalue weighted by atomic mass is 16.5. The van der Waals surface area contributed by atoms with E-state index in [0.717, 1.165) is 24.0 Å². The summed E-state index contributed by atoms with van der Waals surface area (Å²) in [6, 6.07) is 9.85. The average molecular weight is 456 g/mol. The number of rotatable bonds is 10. The van der Waals surface area contributed by atoms with Gasteiger partial charge in [0, 0.05) is 6.42 Å². The van der Waals surface area contributed by atoms with Gasteiger partial charge in [0.05, 0.1) is 27.4 Å². The van der Waals surface area contributed by atoms with E-state index in [1.165, 1.54) is 31.1 Å². The van der Waals surface area contributed by atoms with Gasteiger partial charge in [-0.2, -0.15) is 0 Å². The second kappa shape index (κ2) is 11.6. The predicted molar refractivity (Wildman–Crippen MR) is 125 cm³/mol. The minimum absolute atomic E-state index is 0.131. The molecule has 0 radical (unpaired) electrons. The number of ether oxygens (including phenoxy) is 4. The summed E-state index contributed by atoms with van der Waals surface area (Å²) in [5, 5.41) is 2.91. The van der Waals surface area contributed by atoms with Gasteiger partial charge in [-0.15, -0.1) is 0 Å². The third-order valence-electron chi connectivity index (χ3n) is 5.96. The number of hydrogen-bond acceptors (Lipinski definition) is 6. The van der Waals surface area contributed by atoms with Crippen molar-refractivity contribution in [2.75, 3.05) is 27.9 Å². The molecule has 0 spiro atoms. The third kappa shape index (κ3) is 6.40. The van der Waals surface area contributed by atoms with E-state index in [-0.39, 0.29) is 25.0 Å². The SMILES string of the molecule is COc1cc(CCC(=O)OCC(=O)NC(C)c2ccc3c(c2)CCCC3)cc(OC)c1OC. The van der Waals surface area contributed by atoms with Crippen LogP contribution in [0.15, 0.2) is 30.3 Å². The number of carbonyl (C=O) groups is 2. The molecular formula is C26H33NO6. The molecule has 1 N–H and O–H groups in total. The van der Waals surface area contributed by atoms with Crippen LogP contribution in [0.1, 0.15) is 54.5 Å². The van der Waals surface area contributed by atoms with Gasteiger partial charge in [-0.3, -0.25) is 9.59 Å². The maximum atomic E-state index is 12.3. The molecule has 1 aliphatic carbocycles. The number of hydrogen-bond donors (Lipinski definition) is 1. The van der Waals surface area contributed by atoms with Crippen LogP contribution in [0.3, 0.4) is 0 Å². The van der Waals surface area contributed by atoms with E-state index in [4.69, 9.17) is 18.9 Å². The van der Waals surface area contributed by atoms with Crippen LogP contribution in [0.5, 0.6) is 17.2 Å². The zero-order chi connectivity index (χ0) is 23.8. The highest BCUT2D eigenvalue weighted by Gasteiger charge is 2.17. The van der Waals surface area contributed by atoms with E-state index >= 15 is 0 Å². The van der Waals surface area contributed by atoms with Gasteiger partial charge < -0.3 is 24.3 Å². The van der Waals surface area contributed by atoms with Crippen LogP contribution in [0, 0.1) is 0 Å². The monoisotopic (exact) mass is 455 g/mol. The summed E-state index contributed by atoms with van der Waals surface area (Å²) >= 11 is 0. The van der Waals surface area contributed by atoms with Crippen LogP contribution in [-0.2, 0) is 33.6 Å². The molecule has 0 bridgehead atoms. The first-order valence-electron chi connectivity index (χ1n) is 11.3. The quantitative estimate of drug-likeness (QED) is 0.547. The van der Waals surface area contributed by atoms with Gasteiger partial charge in [-0.25, -0.2) is 0 Å². The van der Waals surface area contributed by atoms with E-state index in [9.17, 15) is 9.59 Å². The topological polar surface area (TPSA) is 83.1 Å². The summed E-state index contributed by atoms with van der Waals surface area (Å²) in [7, 11) is 4.62. The predicted octanol–water partition coefficient (Wildman–Crippen LogP) is 3.94. The summed E-state index contributed by atoms with van der Waals surface area (Å²) in [6.45, 7) is 1.64. The van der Waals surface area contributed by atoms with Crippen molar-refractivity contribution in [3.05, 3.63) is 52.6 Å². The van der Waals surface area contributed by atoms with Gasteiger partial charge in [0.15, 0.2) is 18.1 Å². The first kappa shape index (κ1) is 24.4. The van der Waals surface area contributed by atoms with Crippen molar-refractivity contribution in [2.45, 2.75) is 51.5 Å². The Morgan fingerprint density at radius 1 is 0.939 bits per heavy atom. The maximum Gasteiger partial charge on any atom is 0.306 e. The molecule has 0 aromatic heterocycles. The van der Waals surface area contributed by atoms with Crippen molar-refractivity contribution in [1.82, 2.24) is 5.32 Å². The van der Waals surface area contributed by atoms with Crippen LogP contribution < -0.4 is 19.5 Å². The standard InChI is InChI=1S/C26H33NO6/c1-17(20-11-10-19-7-5-6-8-21(19)15-20)27-24(28)16-33-25(29)12-9-18-13-22(30-2)26(32-4)23(14-18)31-3/h10-11,13-15,17H,5-9,12,16H2,1-4H3,(H,27,28). The van der Waals surface area contributed by atoms with E-state index < -0.39 is 5.97 Å². The van der Waals surface area contributed by atoms with Crippen molar-refractivity contribution in [3.8, 4) is 17.2 Å². The maximum absolute atomic E-state index is 12.3. The zero-order valence-corrected chi connectivity index (χ0v) is 19.9. The summed E-state index contributed by atoms with van der Waals surface area (Å²) in [6.07, 6.45) is 5.22. The Hall–Kier alpha value is -3.22. The second-order valence-electron chi connectivity index (χ2n) is 8.22. The number of aryl methyl sites for hydroxylation is 3. The number of methoxy groups -OCH3 is 3. The number of nitrogens with one attached hydrogen (secondary N) is 1. The van der Waals surface area contributed by atoms with Gasteiger partial charge in [0.25, 0.3) is 5.91 Å². The molecule has 7 nitrogen and oxygen atoms in total. The normalized spacial score (nSPS) is 13.5. The van der Waals surface area contributed by atoms with E-state index in [2.05, 4.69) is 23.5 Å². The Labute approximate surface area is 195 Å². The third-order valence-corrected chi connectivity index (χ3v) is 5.96. The fraction of sp³-hybridized carbons (Fsp3) is 0.462. The lowest BCUT2D eigenvalue weighted by Crippen LogP contribution is -2.31. The molecule has 1 atom stereocenters. The van der Waals surface area contributed by atoms with Crippen LogP contribution in [-0.4, -0.2) is 39.8 Å².